The molecule has 90 heavy (non-hydrogen) atoms. The molecule has 0 rings (SSSR count). The van der Waals surface area contributed by atoms with E-state index in [-0.39, 0.29) is 25.7 Å². The molecule has 0 aromatic rings. The summed E-state index contributed by atoms with van der Waals surface area (Å²) >= 11 is 0. The number of hydrogen-bond acceptors (Lipinski definition) is 15. The second-order valence-electron chi connectivity index (χ2n) is 26.6. The van der Waals surface area contributed by atoms with Crippen molar-refractivity contribution < 1.29 is 80.2 Å². The second kappa shape index (κ2) is 63.1. The Morgan fingerprint density at radius 1 is 0.300 bits per heavy atom. The SMILES string of the molecule is CCCCCCCCCCCCCCCCCCC(=O)O[C@H](COC(=O)CCCCCCCCCCCCC(C)C)COP(=O)(O)OC[C@@H](O)COP(=O)(O)OC[C@@H](COC(=O)CCCCCCCCCC(C)C)OC(=O)CCCCCCCCCCCCC. The maximum absolute atomic E-state index is 13.0. The number of carbonyl (C=O) groups excluding carboxylic acids is 4. The molecule has 0 aliphatic rings. The smallest absolute Gasteiger partial charge is 0.462 e. The number of phosphoric acid groups is 2. The van der Waals surface area contributed by atoms with E-state index in [0.717, 1.165) is 102 Å². The molecule has 0 saturated carbocycles. The van der Waals surface area contributed by atoms with Gasteiger partial charge in [-0.3, -0.25) is 37.3 Å². The van der Waals surface area contributed by atoms with E-state index in [1.54, 1.807) is 0 Å². The standard InChI is InChI=1S/C71H138O17P2/c1-7-9-11-13-15-17-19-20-21-22-23-25-31-37-44-50-56-71(76)87-66(59-81-68(73)53-47-41-35-29-27-26-28-33-39-45-51-63(3)4)61-85-89(77,78)83-57-65(72)58-84-90(79,80)86-62-67(60-82-69(74)54-48-42-38-32-34-40-46-52-64(5)6)88-70(75)55-49-43-36-30-24-18-16-14-12-10-8-2/h63-67,72H,7-62H2,1-6H3,(H,77,78)(H,79,80)/t65-,66-,67-/m1/s1. The van der Waals surface area contributed by atoms with Crippen molar-refractivity contribution in [2.24, 2.45) is 11.8 Å². The first-order chi connectivity index (χ1) is 43.4. The molecule has 19 heteroatoms. The van der Waals surface area contributed by atoms with E-state index in [1.165, 1.54) is 173 Å². The Labute approximate surface area is 549 Å². The third-order valence-electron chi connectivity index (χ3n) is 16.5. The van der Waals surface area contributed by atoms with Gasteiger partial charge in [0.05, 0.1) is 26.4 Å². The Morgan fingerprint density at radius 3 is 0.756 bits per heavy atom. The van der Waals surface area contributed by atoms with E-state index >= 15 is 0 Å². The lowest BCUT2D eigenvalue weighted by Gasteiger charge is -2.21. The Bertz CT molecular complexity index is 1750. The van der Waals surface area contributed by atoms with E-state index in [0.29, 0.717) is 31.6 Å². The lowest BCUT2D eigenvalue weighted by molar-refractivity contribution is -0.161. The second-order valence-corrected chi connectivity index (χ2v) is 29.5. The van der Waals surface area contributed by atoms with Crippen LogP contribution in [0.4, 0.5) is 0 Å². The molecule has 17 nitrogen and oxygen atoms in total. The maximum atomic E-state index is 13.0. The minimum Gasteiger partial charge on any atom is -0.462 e. The van der Waals surface area contributed by atoms with Crippen molar-refractivity contribution in [3.05, 3.63) is 0 Å². The highest BCUT2D eigenvalue weighted by Gasteiger charge is 2.30. The van der Waals surface area contributed by atoms with Gasteiger partial charge in [-0.15, -0.1) is 0 Å². The maximum Gasteiger partial charge on any atom is 0.472 e. The summed E-state index contributed by atoms with van der Waals surface area (Å²) in [6, 6.07) is 0. The highest BCUT2D eigenvalue weighted by atomic mass is 31.2. The highest BCUT2D eigenvalue weighted by molar-refractivity contribution is 7.47. The summed E-state index contributed by atoms with van der Waals surface area (Å²) in [5.41, 5.74) is 0. The summed E-state index contributed by atoms with van der Waals surface area (Å²) in [6.07, 6.45) is 48.6. The van der Waals surface area contributed by atoms with E-state index < -0.39 is 97.5 Å². The molecule has 0 spiro atoms. The normalized spacial score (nSPS) is 14.1. The molecule has 3 N–H and O–H groups in total. The van der Waals surface area contributed by atoms with E-state index in [9.17, 15) is 43.2 Å². The average molecular weight is 1330 g/mol. The van der Waals surface area contributed by atoms with Gasteiger partial charge >= 0.3 is 39.5 Å². The summed E-state index contributed by atoms with van der Waals surface area (Å²) in [4.78, 5) is 72.6. The van der Waals surface area contributed by atoms with Crippen LogP contribution in [0.25, 0.3) is 0 Å². The Kier molecular flexibility index (Phi) is 61.8. The van der Waals surface area contributed by atoms with Crippen molar-refractivity contribution in [3.63, 3.8) is 0 Å². The average Bonchev–Trinajstić information content (AvgIpc) is 3.60. The molecule has 0 aliphatic carbocycles. The van der Waals surface area contributed by atoms with Crippen molar-refractivity contribution in [1.82, 2.24) is 0 Å². The Morgan fingerprint density at radius 2 is 0.511 bits per heavy atom. The zero-order valence-corrected chi connectivity index (χ0v) is 60.2. The number of phosphoric ester groups is 2. The first-order valence-corrected chi connectivity index (χ1v) is 40.0. The van der Waals surface area contributed by atoms with Crippen LogP contribution in [-0.4, -0.2) is 96.7 Å². The molecular weight excluding hydrogens is 1190 g/mol. The number of carbonyl (C=O) groups is 4. The molecular formula is C71H138O17P2. The molecule has 0 aromatic carbocycles. The zero-order chi connectivity index (χ0) is 66.5. The number of hydrogen-bond donors (Lipinski definition) is 3. The summed E-state index contributed by atoms with van der Waals surface area (Å²) in [5.74, 6) is -0.658. The summed E-state index contributed by atoms with van der Waals surface area (Å²) in [5, 5.41) is 10.6. The van der Waals surface area contributed by atoms with Crippen molar-refractivity contribution in [1.29, 1.82) is 0 Å². The van der Waals surface area contributed by atoms with Gasteiger partial charge in [-0.05, 0) is 37.5 Å². The highest BCUT2D eigenvalue weighted by Crippen LogP contribution is 2.45. The molecule has 534 valence electrons. The fraction of sp³-hybridized carbons (Fsp3) is 0.944. The predicted octanol–water partition coefficient (Wildman–Crippen LogP) is 20.4. The summed E-state index contributed by atoms with van der Waals surface area (Å²) in [7, 11) is -9.90. The molecule has 2 unspecified atom stereocenters. The van der Waals surface area contributed by atoms with Crippen LogP contribution in [0, 0.1) is 11.8 Å². The molecule has 0 bridgehead atoms. The van der Waals surface area contributed by atoms with Gasteiger partial charge in [0.15, 0.2) is 12.2 Å². The largest absolute Gasteiger partial charge is 0.472 e. The number of rotatable bonds is 70. The van der Waals surface area contributed by atoms with Crippen LogP contribution in [0.15, 0.2) is 0 Å². The van der Waals surface area contributed by atoms with Crippen molar-refractivity contribution >= 4 is 39.5 Å². The third kappa shape index (κ3) is 64.8. The van der Waals surface area contributed by atoms with Crippen LogP contribution in [0.5, 0.6) is 0 Å². The van der Waals surface area contributed by atoms with Gasteiger partial charge < -0.3 is 33.8 Å². The van der Waals surface area contributed by atoms with Crippen molar-refractivity contribution in [2.75, 3.05) is 39.6 Å². The van der Waals surface area contributed by atoms with Gasteiger partial charge in [0, 0.05) is 25.7 Å². The minimum atomic E-state index is -4.95. The fourth-order valence-electron chi connectivity index (χ4n) is 10.8. The van der Waals surface area contributed by atoms with Gasteiger partial charge in [0.2, 0.25) is 0 Å². The molecule has 0 heterocycles. The van der Waals surface area contributed by atoms with Crippen LogP contribution in [0.1, 0.15) is 363 Å². The lowest BCUT2D eigenvalue weighted by Crippen LogP contribution is -2.30. The first-order valence-electron chi connectivity index (χ1n) is 37.0. The molecule has 0 amide bonds. The van der Waals surface area contributed by atoms with Gasteiger partial charge in [-0.25, -0.2) is 9.13 Å². The van der Waals surface area contributed by atoms with Gasteiger partial charge in [0.1, 0.15) is 19.3 Å². The molecule has 0 aromatic heterocycles. The van der Waals surface area contributed by atoms with Crippen molar-refractivity contribution in [2.45, 2.75) is 381 Å². The van der Waals surface area contributed by atoms with E-state index in [1.807, 2.05) is 0 Å². The summed E-state index contributed by atoms with van der Waals surface area (Å²) in [6.45, 7) is 9.50. The number of aliphatic hydroxyl groups excluding tert-OH is 1. The van der Waals surface area contributed by atoms with Gasteiger partial charge in [-0.2, -0.15) is 0 Å². The van der Waals surface area contributed by atoms with Gasteiger partial charge in [-0.1, -0.05) is 311 Å². The van der Waals surface area contributed by atoms with Crippen LogP contribution < -0.4 is 0 Å². The van der Waals surface area contributed by atoms with Crippen LogP contribution >= 0.6 is 15.6 Å². The predicted molar refractivity (Wildman–Crippen MR) is 363 cm³/mol. The summed E-state index contributed by atoms with van der Waals surface area (Å²) < 4.78 is 68.3. The molecule has 0 radical (unpaired) electrons. The number of ether oxygens (including phenoxy) is 4. The van der Waals surface area contributed by atoms with Crippen LogP contribution in [0.2, 0.25) is 0 Å². The van der Waals surface area contributed by atoms with E-state index in [2.05, 4.69) is 41.5 Å². The van der Waals surface area contributed by atoms with Crippen LogP contribution in [0.3, 0.4) is 0 Å². The number of unbranched alkanes of at least 4 members (excludes halogenated alkanes) is 40. The zero-order valence-electron chi connectivity index (χ0n) is 58.4. The Hall–Kier alpha value is -1.94. The number of aliphatic hydroxyl groups is 1. The Balaban J connectivity index is 5.24. The molecule has 0 saturated heterocycles. The van der Waals surface area contributed by atoms with Crippen LogP contribution in [-0.2, 0) is 65.4 Å². The lowest BCUT2D eigenvalue weighted by atomic mass is 10.0. The van der Waals surface area contributed by atoms with Crippen molar-refractivity contribution in [3.8, 4) is 0 Å². The van der Waals surface area contributed by atoms with E-state index in [4.69, 9.17) is 37.0 Å². The topological polar surface area (TPSA) is 237 Å². The molecule has 0 fully saturated rings. The molecule has 5 atom stereocenters. The number of esters is 4. The quantitative estimate of drug-likeness (QED) is 0.0222. The van der Waals surface area contributed by atoms with Gasteiger partial charge in [0.25, 0.3) is 0 Å². The first kappa shape index (κ1) is 88.1. The third-order valence-corrected chi connectivity index (χ3v) is 18.4. The minimum absolute atomic E-state index is 0.106. The fourth-order valence-corrected chi connectivity index (χ4v) is 12.3. The molecule has 0 aliphatic heterocycles. The monoisotopic (exact) mass is 1320 g/mol.